The van der Waals surface area contributed by atoms with Crippen LogP contribution in [0.25, 0.3) is 0 Å². The van der Waals surface area contributed by atoms with Crippen LogP contribution in [0.2, 0.25) is 0 Å². The number of hydrogen-bond donors (Lipinski definition) is 3. The summed E-state index contributed by atoms with van der Waals surface area (Å²) in [5.74, 6) is -0.0616. The number of carbonyl (C=O) groups is 2. The lowest BCUT2D eigenvalue weighted by Gasteiger charge is -2.20. The van der Waals surface area contributed by atoms with E-state index in [1.54, 1.807) is 6.08 Å². The fourth-order valence-corrected chi connectivity index (χ4v) is 11.5. The molecule has 2 atom stereocenters. The largest absolute Gasteiger partial charge is 0.466 e. The zero-order valence-electron chi connectivity index (χ0n) is 56.4. The fraction of sp³-hybridized carbons (Fsp3) is 0.846. The van der Waals surface area contributed by atoms with Crippen molar-refractivity contribution in [3.63, 3.8) is 0 Å². The zero-order valence-corrected chi connectivity index (χ0v) is 56.4. The van der Waals surface area contributed by atoms with Gasteiger partial charge in [0.1, 0.15) is 0 Å². The second-order valence-electron chi connectivity index (χ2n) is 25.6. The lowest BCUT2D eigenvalue weighted by molar-refractivity contribution is -0.143. The minimum absolute atomic E-state index is 0.00105. The Labute approximate surface area is 524 Å². The highest BCUT2D eigenvalue weighted by Crippen LogP contribution is 2.19. The lowest BCUT2D eigenvalue weighted by Crippen LogP contribution is -2.45. The van der Waals surface area contributed by atoms with E-state index >= 15 is 0 Å². The van der Waals surface area contributed by atoms with E-state index in [1.807, 2.05) is 6.08 Å². The van der Waals surface area contributed by atoms with Crippen LogP contribution in [0.15, 0.2) is 60.8 Å². The van der Waals surface area contributed by atoms with Gasteiger partial charge >= 0.3 is 5.97 Å². The molecule has 3 N–H and O–H groups in total. The minimum Gasteiger partial charge on any atom is -0.466 e. The number of amides is 1. The van der Waals surface area contributed by atoms with Crippen molar-refractivity contribution in [1.82, 2.24) is 5.32 Å². The molecular weight excluding hydrogens is 1030 g/mol. The Morgan fingerprint density at radius 3 is 0.952 bits per heavy atom. The quantitative estimate of drug-likeness (QED) is 0.0320. The van der Waals surface area contributed by atoms with Crippen molar-refractivity contribution >= 4 is 11.9 Å². The molecule has 0 radical (unpaired) electrons. The Hall–Kier alpha value is -2.44. The molecule has 0 heterocycles. The van der Waals surface area contributed by atoms with Gasteiger partial charge in [-0.1, -0.05) is 357 Å². The summed E-state index contributed by atoms with van der Waals surface area (Å²) in [6.07, 6.45) is 97.5. The molecule has 0 aromatic rings. The first-order chi connectivity index (χ1) is 41.5. The Morgan fingerprint density at radius 1 is 0.333 bits per heavy atom. The van der Waals surface area contributed by atoms with Gasteiger partial charge in [-0.2, -0.15) is 0 Å². The monoisotopic (exact) mass is 1180 g/mol. The molecule has 0 fully saturated rings. The number of esters is 1. The van der Waals surface area contributed by atoms with Crippen LogP contribution in [-0.4, -0.2) is 47.4 Å². The van der Waals surface area contributed by atoms with Crippen molar-refractivity contribution in [3.8, 4) is 0 Å². The maximum Gasteiger partial charge on any atom is 0.305 e. The molecule has 0 bridgehead atoms. The minimum atomic E-state index is -0.844. The van der Waals surface area contributed by atoms with E-state index in [9.17, 15) is 19.8 Å². The van der Waals surface area contributed by atoms with Gasteiger partial charge in [-0.05, 0) is 89.9 Å². The summed E-state index contributed by atoms with van der Waals surface area (Å²) >= 11 is 0. The van der Waals surface area contributed by atoms with Gasteiger partial charge in [-0.25, -0.2) is 0 Å². The highest BCUT2D eigenvalue weighted by atomic mass is 16.5. The molecule has 492 valence electrons. The molecule has 6 nitrogen and oxygen atoms in total. The van der Waals surface area contributed by atoms with Crippen molar-refractivity contribution in [2.45, 2.75) is 411 Å². The van der Waals surface area contributed by atoms with Crippen LogP contribution in [0.4, 0.5) is 0 Å². The molecule has 0 rings (SSSR count). The predicted octanol–water partition coefficient (Wildman–Crippen LogP) is 24.6. The summed E-state index contributed by atoms with van der Waals surface area (Å²) in [4.78, 5) is 24.6. The summed E-state index contributed by atoms with van der Waals surface area (Å²) < 4.78 is 5.48. The van der Waals surface area contributed by atoms with Crippen molar-refractivity contribution in [2.75, 3.05) is 13.2 Å². The van der Waals surface area contributed by atoms with Crippen LogP contribution in [0.3, 0.4) is 0 Å². The summed E-state index contributed by atoms with van der Waals surface area (Å²) in [6, 6.07) is -0.628. The number of carbonyl (C=O) groups excluding carboxylic acids is 2. The average molecular weight is 1180 g/mol. The van der Waals surface area contributed by atoms with Gasteiger partial charge in [0.25, 0.3) is 0 Å². The second-order valence-corrected chi connectivity index (χ2v) is 25.6. The number of ether oxygens (including phenoxy) is 1. The Morgan fingerprint density at radius 2 is 0.619 bits per heavy atom. The Bertz CT molecular complexity index is 1450. The molecule has 2 unspecified atom stereocenters. The normalized spacial score (nSPS) is 12.9. The molecular formula is C78H145NO5. The Balaban J connectivity index is 3.40. The van der Waals surface area contributed by atoms with Crippen LogP contribution in [-0.2, 0) is 14.3 Å². The predicted molar refractivity (Wildman–Crippen MR) is 370 cm³/mol. The van der Waals surface area contributed by atoms with Gasteiger partial charge in [0.2, 0.25) is 5.91 Å². The summed E-state index contributed by atoms with van der Waals surface area (Å²) in [5.41, 5.74) is 0. The van der Waals surface area contributed by atoms with Crippen LogP contribution in [0, 0.1) is 0 Å². The maximum absolute atomic E-state index is 12.5. The number of rotatable bonds is 70. The molecule has 0 spiro atoms. The van der Waals surface area contributed by atoms with E-state index < -0.39 is 12.1 Å². The van der Waals surface area contributed by atoms with Gasteiger partial charge in [-0.15, -0.1) is 0 Å². The number of aliphatic hydroxyl groups excluding tert-OH is 2. The lowest BCUT2D eigenvalue weighted by atomic mass is 10.0. The SMILES string of the molecule is CCC/C=C\C/C=C\CCCCCCCC(=O)OCCCCCCCCCCCCC/C=C\C/C=C\CCCCCCCCCCCCCCCCCCCC(=O)NC(CO)C(O)/C=C/CCCCCCCCCCCCCCCCCCC. The molecule has 0 aliphatic carbocycles. The smallest absolute Gasteiger partial charge is 0.305 e. The molecule has 0 saturated carbocycles. The highest BCUT2D eigenvalue weighted by Gasteiger charge is 2.18. The number of unbranched alkanes of at least 4 members (excludes halogenated alkanes) is 51. The van der Waals surface area contributed by atoms with Crippen LogP contribution in [0.5, 0.6) is 0 Å². The number of aliphatic hydroxyl groups is 2. The van der Waals surface area contributed by atoms with E-state index in [4.69, 9.17) is 4.74 Å². The van der Waals surface area contributed by atoms with Gasteiger partial charge in [0.15, 0.2) is 0 Å². The van der Waals surface area contributed by atoms with Crippen LogP contribution >= 0.6 is 0 Å². The third-order valence-electron chi connectivity index (χ3n) is 17.2. The highest BCUT2D eigenvalue weighted by molar-refractivity contribution is 5.76. The molecule has 0 aromatic heterocycles. The van der Waals surface area contributed by atoms with Crippen molar-refractivity contribution in [1.29, 1.82) is 0 Å². The molecule has 0 saturated heterocycles. The van der Waals surface area contributed by atoms with Gasteiger partial charge < -0.3 is 20.3 Å². The Kier molecular flexibility index (Phi) is 70.9. The van der Waals surface area contributed by atoms with Crippen molar-refractivity contribution in [2.24, 2.45) is 0 Å². The van der Waals surface area contributed by atoms with Crippen LogP contribution < -0.4 is 5.32 Å². The topological polar surface area (TPSA) is 95.9 Å². The molecule has 6 heteroatoms. The zero-order chi connectivity index (χ0) is 60.6. The van der Waals surface area contributed by atoms with E-state index in [1.165, 1.54) is 315 Å². The third-order valence-corrected chi connectivity index (χ3v) is 17.2. The molecule has 0 aliphatic rings. The van der Waals surface area contributed by atoms with Crippen LogP contribution in [0.1, 0.15) is 399 Å². The summed E-state index contributed by atoms with van der Waals surface area (Å²) in [7, 11) is 0. The third kappa shape index (κ3) is 68.7. The fourth-order valence-electron chi connectivity index (χ4n) is 11.5. The first kappa shape index (κ1) is 81.6. The van der Waals surface area contributed by atoms with Gasteiger partial charge in [0, 0.05) is 12.8 Å². The first-order valence-electron chi connectivity index (χ1n) is 37.6. The first-order valence-corrected chi connectivity index (χ1v) is 37.6. The number of nitrogens with one attached hydrogen (secondary N) is 1. The average Bonchev–Trinajstić information content (AvgIpc) is 3.51. The molecule has 84 heavy (non-hydrogen) atoms. The van der Waals surface area contributed by atoms with Gasteiger partial charge in [-0.3, -0.25) is 9.59 Å². The van der Waals surface area contributed by atoms with Crippen molar-refractivity contribution < 1.29 is 24.5 Å². The number of hydrogen-bond acceptors (Lipinski definition) is 5. The summed E-state index contributed by atoms with van der Waals surface area (Å²) in [6.45, 7) is 4.86. The van der Waals surface area contributed by atoms with E-state index in [0.29, 0.717) is 19.4 Å². The van der Waals surface area contributed by atoms with Gasteiger partial charge in [0.05, 0.1) is 25.4 Å². The second kappa shape index (κ2) is 73.0. The molecule has 0 aliphatic heterocycles. The standard InChI is InChI=1S/C78H145NO5/c1-3-5-7-9-11-13-15-17-18-19-37-40-43-47-50-54-58-62-66-70-76(81)75(74-80)79-77(82)71-67-63-59-55-51-48-44-41-38-35-33-31-29-27-25-23-21-20-22-24-26-28-30-32-34-36-39-42-45-49-53-57-61-65-69-73-84-78(83)72-68-64-60-56-52-46-16-14-12-10-8-6-4-2/h8,10,14,16,22,24,28,30,66,70,75-76,80-81H,3-7,9,11-13,15,17-21,23,25-27,29,31-65,67-69,71-74H2,1-2H3,(H,79,82)/b10-8-,16-14-,24-22-,30-28-,70-66+. The van der Waals surface area contributed by atoms with E-state index in [-0.39, 0.29) is 18.5 Å². The molecule has 1 amide bonds. The number of allylic oxidation sites excluding steroid dienone is 9. The van der Waals surface area contributed by atoms with Crippen molar-refractivity contribution in [3.05, 3.63) is 60.8 Å². The maximum atomic E-state index is 12.5. The summed E-state index contributed by atoms with van der Waals surface area (Å²) in [5, 5.41) is 23.2. The van der Waals surface area contributed by atoms with E-state index in [0.717, 1.165) is 57.8 Å². The van der Waals surface area contributed by atoms with E-state index in [2.05, 4.69) is 67.8 Å². The molecule has 0 aromatic carbocycles.